The van der Waals surface area contributed by atoms with Gasteiger partial charge in [0.2, 0.25) is 0 Å². The molecular formula is C22H19NO2S. The van der Waals surface area contributed by atoms with Crippen LogP contribution in [0.4, 0.5) is 0 Å². The van der Waals surface area contributed by atoms with Crippen molar-refractivity contribution < 1.29 is 8.95 Å². The van der Waals surface area contributed by atoms with Crippen molar-refractivity contribution in [2.45, 2.75) is 4.90 Å². The second kappa shape index (κ2) is 6.46. The van der Waals surface area contributed by atoms with E-state index in [1.165, 1.54) is 0 Å². The third kappa shape index (κ3) is 2.82. The standard InChI is InChI=1S/C22H19NO2S/c1-25-18-14-12-17(13-15-18)22-21(16-8-4-3-5-9-16)19-10-6-7-11-20(19)26(2,24)23-22/h3-15H,1-2H3. The Morgan fingerprint density at radius 3 is 2.15 bits per heavy atom. The van der Waals surface area contributed by atoms with E-state index in [9.17, 15) is 4.21 Å². The third-order valence-electron chi connectivity index (χ3n) is 4.49. The lowest BCUT2D eigenvalue weighted by Gasteiger charge is -2.23. The van der Waals surface area contributed by atoms with E-state index in [4.69, 9.17) is 9.10 Å². The van der Waals surface area contributed by atoms with Crippen molar-refractivity contribution in [3.05, 3.63) is 95.6 Å². The average molecular weight is 361 g/mol. The molecule has 0 saturated carbocycles. The van der Waals surface area contributed by atoms with Gasteiger partial charge in [0.25, 0.3) is 0 Å². The highest BCUT2D eigenvalue weighted by molar-refractivity contribution is 7.93. The fourth-order valence-corrected chi connectivity index (χ4v) is 4.80. The zero-order valence-corrected chi connectivity index (χ0v) is 15.5. The van der Waals surface area contributed by atoms with E-state index < -0.39 is 9.73 Å². The summed E-state index contributed by atoms with van der Waals surface area (Å²) in [6, 6.07) is 25.7. The van der Waals surface area contributed by atoms with Crippen LogP contribution in [0.5, 0.6) is 5.75 Å². The Kier molecular flexibility index (Phi) is 4.13. The summed E-state index contributed by atoms with van der Waals surface area (Å²) < 4.78 is 23.3. The van der Waals surface area contributed by atoms with Crippen LogP contribution in [0.3, 0.4) is 0 Å². The number of hydrogen-bond acceptors (Lipinski definition) is 3. The molecule has 130 valence electrons. The first-order chi connectivity index (χ1) is 12.6. The predicted molar refractivity (Wildman–Crippen MR) is 107 cm³/mol. The summed E-state index contributed by atoms with van der Waals surface area (Å²) in [6.45, 7) is 0. The van der Waals surface area contributed by atoms with Crippen LogP contribution >= 0.6 is 0 Å². The van der Waals surface area contributed by atoms with Crippen LogP contribution in [0.2, 0.25) is 0 Å². The molecule has 0 bridgehead atoms. The second-order valence-corrected chi connectivity index (χ2v) is 8.44. The third-order valence-corrected chi connectivity index (χ3v) is 6.20. The first-order valence-electron chi connectivity index (χ1n) is 8.36. The number of nitrogens with zero attached hydrogens (tertiary/aromatic N) is 1. The molecular weight excluding hydrogens is 342 g/mol. The molecule has 0 fully saturated rings. The summed E-state index contributed by atoms with van der Waals surface area (Å²) in [7, 11) is -0.867. The van der Waals surface area contributed by atoms with Crippen LogP contribution < -0.4 is 4.74 Å². The van der Waals surface area contributed by atoms with E-state index in [1.807, 2.05) is 66.7 Å². The highest BCUT2D eigenvalue weighted by Gasteiger charge is 2.25. The Hall–Kier alpha value is -2.85. The molecule has 3 aromatic carbocycles. The lowest BCUT2D eigenvalue weighted by Crippen LogP contribution is -2.09. The van der Waals surface area contributed by atoms with Gasteiger partial charge < -0.3 is 4.74 Å². The Bertz CT molecular complexity index is 1110. The van der Waals surface area contributed by atoms with Gasteiger partial charge in [-0.15, -0.1) is 0 Å². The van der Waals surface area contributed by atoms with E-state index in [-0.39, 0.29) is 0 Å². The average Bonchev–Trinajstić information content (AvgIpc) is 2.68. The van der Waals surface area contributed by atoms with Gasteiger partial charge in [0.05, 0.1) is 27.4 Å². The molecule has 4 rings (SSSR count). The SMILES string of the molecule is COc1ccc(C2=C(c3ccccc3)c3ccccc3S(C)(=O)=N2)cc1. The molecule has 1 aliphatic heterocycles. The quantitative estimate of drug-likeness (QED) is 0.652. The summed E-state index contributed by atoms with van der Waals surface area (Å²) in [6.07, 6.45) is 1.71. The minimum absolute atomic E-state index is 0.755. The summed E-state index contributed by atoms with van der Waals surface area (Å²) in [5.74, 6) is 0.782. The molecule has 0 amide bonds. The summed E-state index contributed by atoms with van der Waals surface area (Å²) in [5, 5.41) is 0. The monoisotopic (exact) mass is 361 g/mol. The van der Waals surface area contributed by atoms with Crippen LogP contribution in [0, 0.1) is 0 Å². The van der Waals surface area contributed by atoms with E-state index in [1.54, 1.807) is 13.4 Å². The van der Waals surface area contributed by atoms with Gasteiger partial charge in [-0.25, -0.2) is 4.21 Å². The first-order valence-corrected chi connectivity index (χ1v) is 10.3. The molecule has 0 saturated heterocycles. The van der Waals surface area contributed by atoms with Gasteiger partial charge in [-0.1, -0.05) is 48.5 Å². The predicted octanol–water partition coefficient (Wildman–Crippen LogP) is 5.08. The minimum Gasteiger partial charge on any atom is -0.497 e. The smallest absolute Gasteiger partial charge is 0.118 e. The Labute approximate surface area is 154 Å². The Balaban J connectivity index is 2.07. The minimum atomic E-state index is -2.51. The zero-order chi connectivity index (χ0) is 18.1. The highest BCUT2D eigenvalue weighted by atomic mass is 32.2. The van der Waals surface area contributed by atoms with Crippen molar-refractivity contribution in [2.75, 3.05) is 13.4 Å². The number of rotatable bonds is 3. The van der Waals surface area contributed by atoms with Crippen LogP contribution in [-0.4, -0.2) is 17.6 Å². The molecule has 1 atom stereocenters. The van der Waals surface area contributed by atoms with Crippen LogP contribution in [0.15, 0.2) is 88.1 Å². The van der Waals surface area contributed by atoms with Crippen LogP contribution in [-0.2, 0) is 9.73 Å². The molecule has 0 N–H and O–H groups in total. The molecule has 0 aromatic heterocycles. The number of fused-ring (bicyclic) bond motifs is 1. The van der Waals surface area contributed by atoms with Gasteiger partial charge in [-0.2, -0.15) is 4.36 Å². The van der Waals surface area contributed by atoms with Gasteiger partial charge in [0, 0.05) is 23.0 Å². The van der Waals surface area contributed by atoms with Gasteiger partial charge in [0.1, 0.15) is 5.75 Å². The normalized spacial score (nSPS) is 18.8. The molecule has 26 heavy (non-hydrogen) atoms. The maximum Gasteiger partial charge on any atom is 0.118 e. The molecule has 3 aromatic rings. The molecule has 4 heteroatoms. The molecule has 1 aliphatic rings. The van der Waals surface area contributed by atoms with E-state index in [0.717, 1.165) is 38.6 Å². The van der Waals surface area contributed by atoms with Crippen molar-refractivity contribution >= 4 is 21.0 Å². The van der Waals surface area contributed by atoms with E-state index >= 15 is 0 Å². The lowest BCUT2D eigenvalue weighted by atomic mass is 9.93. The zero-order valence-electron chi connectivity index (χ0n) is 14.7. The largest absolute Gasteiger partial charge is 0.497 e. The maximum absolute atomic E-state index is 13.3. The van der Waals surface area contributed by atoms with Gasteiger partial charge in [0.15, 0.2) is 0 Å². The molecule has 3 nitrogen and oxygen atoms in total. The molecule has 1 heterocycles. The molecule has 0 spiro atoms. The van der Waals surface area contributed by atoms with E-state index in [2.05, 4.69) is 12.1 Å². The summed E-state index contributed by atoms with van der Waals surface area (Å²) >= 11 is 0. The lowest BCUT2D eigenvalue weighted by molar-refractivity contribution is 0.415. The Morgan fingerprint density at radius 2 is 1.46 bits per heavy atom. The Morgan fingerprint density at radius 1 is 0.808 bits per heavy atom. The fourth-order valence-electron chi connectivity index (χ4n) is 3.24. The number of benzene rings is 3. The molecule has 0 radical (unpaired) electrons. The number of ether oxygens (including phenoxy) is 1. The highest BCUT2D eigenvalue weighted by Crippen LogP contribution is 2.41. The number of methoxy groups -OCH3 is 1. The maximum atomic E-state index is 13.3. The summed E-state index contributed by atoms with van der Waals surface area (Å²) in [5.41, 5.74) is 4.72. The molecule has 0 aliphatic carbocycles. The van der Waals surface area contributed by atoms with E-state index in [0.29, 0.717) is 0 Å². The van der Waals surface area contributed by atoms with Gasteiger partial charge in [-0.3, -0.25) is 0 Å². The van der Waals surface area contributed by atoms with Gasteiger partial charge >= 0.3 is 0 Å². The van der Waals surface area contributed by atoms with Crippen molar-refractivity contribution in [1.82, 2.24) is 0 Å². The molecule has 1 unspecified atom stereocenters. The first kappa shape index (κ1) is 16.6. The van der Waals surface area contributed by atoms with Gasteiger partial charge in [-0.05, 0) is 35.9 Å². The van der Waals surface area contributed by atoms with Crippen molar-refractivity contribution in [1.29, 1.82) is 0 Å². The van der Waals surface area contributed by atoms with Crippen LogP contribution in [0.25, 0.3) is 11.3 Å². The van der Waals surface area contributed by atoms with Crippen LogP contribution in [0.1, 0.15) is 16.7 Å². The van der Waals surface area contributed by atoms with Crippen molar-refractivity contribution in [3.8, 4) is 5.75 Å². The topological polar surface area (TPSA) is 38.7 Å². The van der Waals surface area contributed by atoms with Crippen molar-refractivity contribution in [2.24, 2.45) is 4.36 Å². The van der Waals surface area contributed by atoms with Crippen molar-refractivity contribution in [3.63, 3.8) is 0 Å². The second-order valence-electron chi connectivity index (χ2n) is 6.21. The fraction of sp³-hybridized carbons (Fsp3) is 0.0909. The summed E-state index contributed by atoms with van der Waals surface area (Å²) in [4.78, 5) is 0.788. The number of hydrogen-bond donors (Lipinski definition) is 0.